The van der Waals surface area contributed by atoms with Crippen LogP contribution in [0.3, 0.4) is 0 Å². The second-order valence-electron chi connectivity index (χ2n) is 4.15. The van der Waals surface area contributed by atoms with Gasteiger partial charge < -0.3 is 14.6 Å². The minimum atomic E-state index is -0.980. The molecule has 0 atom stereocenters. The highest BCUT2D eigenvalue weighted by Gasteiger charge is 2.27. The largest absolute Gasteiger partial charge is 0.493 e. The lowest BCUT2D eigenvalue weighted by Crippen LogP contribution is -2.19. The first-order valence-corrected chi connectivity index (χ1v) is 5.76. The number of rotatable bonds is 3. The fraction of sp³-hybridized carbons (Fsp3) is 0.500. The number of benzene rings is 1. The number of methoxy groups -OCH3 is 2. The van der Waals surface area contributed by atoms with Gasteiger partial charge in [-0.3, -0.25) is 0 Å². The molecule has 0 aliphatic heterocycles. The normalized spacial score (nSPS) is 11.4. The van der Waals surface area contributed by atoms with Gasteiger partial charge in [0.1, 0.15) is 0 Å². The molecule has 0 aliphatic rings. The molecule has 1 aromatic rings. The smallest absolute Gasteiger partial charge is 0.167 e. The first-order chi connectivity index (χ1) is 7.32. The Morgan fingerprint density at radius 3 is 2.19 bits per heavy atom. The summed E-state index contributed by atoms with van der Waals surface area (Å²) in [5, 5.41) is 10.2. The lowest BCUT2D eigenvalue weighted by molar-refractivity contribution is 0.0743. The van der Waals surface area contributed by atoms with Gasteiger partial charge in [0.15, 0.2) is 11.5 Å². The zero-order valence-corrected chi connectivity index (χ0v) is 11.8. The molecule has 0 saturated carbocycles. The van der Waals surface area contributed by atoms with Crippen molar-refractivity contribution in [1.82, 2.24) is 0 Å². The molecule has 0 unspecified atom stereocenters. The Kier molecular flexibility index (Phi) is 3.86. The quantitative estimate of drug-likeness (QED) is 0.929. The van der Waals surface area contributed by atoms with E-state index in [1.165, 1.54) is 0 Å². The zero-order valence-electron chi connectivity index (χ0n) is 10.2. The standard InChI is InChI=1S/C12H17BrO3/c1-7-8(13)6-9(15-4)11(16-5)10(7)12(2,3)14/h6,14H,1-5H3. The van der Waals surface area contributed by atoms with Crippen molar-refractivity contribution in [2.45, 2.75) is 26.4 Å². The maximum atomic E-state index is 10.2. The number of hydrogen-bond acceptors (Lipinski definition) is 3. The Bertz CT molecular complexity index is 394. The maximum Gasteiger partial charge on any atom is 0.167 e. The fourth-order valence-electron chi connectivity index (χ4n) is 1.79. The summed E-state index contributed by atoms with van der Waals surface area (Å²) >= 11 is 3.45. The van der Waals surface area contributed by atoms with Gasteiger partial charge in [-0.05, 0) is 32.4 Å². The van der Waals surface area contributed by atoms with Crippen LogP contribution in [0.2, 0.25) is 0 Å². The average molecular weight is 289 g/mol. The van der Waals surface area contributed by atoms with Crippen LogP contribution in [0.4, 0.5) is 0 Å². The van der Waals surface area contributed by atoms with Crippen molar-refractivity contribution in [2.24, 2.45) is 0 Å². The summed E-state index contributed by atoms with van der Waals surface area (Å²) in [5.74, 6) is 1.19. The minimum Gasteiger partial charge on any atom is -0.493 e. The topological polar surface area (TPSA) is 38.7 Å². The molecule has 0 heterocycles. The third-order valence-corrected chi connectivity index (χ3v) is 3.30. The monoisotopic (exact) mass is 288 g/mol. The van der Waals surface area contributed by atoms with E-state index in [2.05, 4.69) is 15.9 Å². The molecule has 0 saturated heterocycles. The van der Waals surface area contributed by atoms with Crippen LogP contribution in [0.1, 0.15) is 25.0 Å². The van der Waals surface area contributed by atoms with Gasteiger partial charge in [-0.1, -0.05) is 15.9 Å². The molecule has 1 rings (SSSR count). The number of halogens is 1. The molecule has 0 aliphatic carbocycles. The van der Waals surface area contributed by atoms with Crippen LogP contribution in [-0.4, -0.2) is 19.3 Å². The van der Waals surface area contributed by atoms with Gasteiger partial charge in [0.25, 0.3) is 0 Å². The molecule has 1 aromatic carbocycles. The van der Waals surface area contributed by atoms with Crippen LogP contribution in [0.5, 0.6) is 11.5 Å². The molecule has 3 nitrogen and oxygen atoms in total. The van der Waals surface area contributed by atoms with E-state index in [1.54, 1.807) is 28.1 Å². The second-order valence-corrected chi connectivity index (χ2v) is 5.01. The van der Waals surface area contributed by atoms with Crippen molar-refractivity contribution in [3.63, 3.8) is 0 Å². The molecule has 90 valence electrons. The SMILES string of the molecule is COc1cc(Br)c(C)c(C(C)(C)O)c1OC. The summed E-state index contributed by atoms with van der Waals surface area (Å²) in [6.07, 6.45) is 0. The number of hydrogen-bond donors (Lipinski definition) is 1. The Labute approximate surface area is 105 Å². The Morgan fingerprint density at radius 2 is 1.81 bits per heavy atom. The molecule has 0 amide bonds. The summed E-state index contributed by atoms with van der Waals surface area (Å²) in [4.78, 5) is 0. The molecular formula is C12H17BrO3. The van der Waals surface area contributed by atoms with Gasteiger partial charge in [-0.15, -0.1) is 0 Å². The van der Waals surface area contributed by atoms with E-state index in [1.807, 2.05) is 13.0 Å². The van der Waals surface area contributed by atoms with Crippen molar-refractivity contribution in [1.29, 1.82) is 0 Å². The first-order valence-electron chi connectivity index (χ1n) is 4.96. The van der Waals surface area contributed by atoms with Crippen molar-refractivity contribution in [2.75, 3.05) is 14.2 Å². The highest BCUT2D eigenvalue weighted by atomic mass is 79.9. The molecule has 0 radical (unpaired) electrons. The van der Waals surface area contributed by atoms with E-state index in [0.29, 0.717) is 11.5 Å². The molecule has 0 aromatic heterocycles. The summed E-state index contributed by atoms with van der Waals surface area (Å²) in [6.45, 7) is 5.38. The molecule has 4 heteroatoms. The highest BCUT2D eigenvalue weighted by Crippen LogP contribution is 2.42. The second kappa shape index (κ2) is 4.63. The van der Waals surface area contributed by atoms with E-state index in [9.17, 15) is 5.11 Å². The van der Waals surface area contributed by atoms with E-state index in [0.717, 1.165) is 15.6 Å². The van der Waals surface area contributed by atoms with Crippen LogP contribution < -0.4 is 9.47 Å². The van der Waals surface area contributed by atoms with Crippen LogP contribution >= 0.6 is 15.9 Å². The van der Waals surface area contributed by atoms with E-state index < -0.39 is 5.60 Å². The van der Waals surface area contributed by atoms with Crippen molar-refractivity contribution in [3.05, 3.63) is 21.7 Å². The summed E-state index contributed by atoms with van der Waals surface area (Å²) < 4.78 is 11.5. The van der Waals surface area contributed by atoms with Crippen molar-refractivity contribution in [3.8, 4) is 11.5 Å². The Morgan fingerprint density at radius 1 is 1.25 bits per heavy atom. The van der Waals surface area contributed by atoms with Crippen LogP contribution in [0.15, 0.2) is 10.5 Å². The predicted octanol–water partition coefficient (Wildman–Crippen LogP) is 3.00. The number of ether oxygens (including phenoxy) is 2. The molecule has 0 fully saturated rings. The Balaban J connectivity index is 3.60. The fourth-order valence-corrected chi connectivity index (χ4v) is 2.20. The molecule has 0 bridgehead atoms. The van der Waals surface area contributed by atoms with Crippen molar-refractivity contribution >= 4 is 15.9 Å². The van der Waals surface area contributed by atoms with Crippen LogP contribution in [0, 0.1) is 6.92 Å². The van der Waals surface area contributed by atoms with Gasteiger partial charge in [0, 0.05) is 10.0 Å². The third-order valence-electron chi connectivity index (χ3n) is 2.48. The van der Waals surface area contributed by atoms with E-state index in [4.69, 9.17) is 9.47 Å². The van der Waals surface area contributed by atoms with E-state index >= 15 is 0 Å². The van der Waals surface area contributed by atoms with Gasteiger partial charge in [-0.2, -0.15) is 0 Å². The third kappa shape index (κ3) is 2.33. The Hall–Kier alpha value is -0.740. The molecule has 16 heavy (non-hydrogen) atoms. The maximum absolute atomic E-state index is 10.2. The zero-order chi connectivity index (χ0) is 12.5. The predicted molar refractivity (Wildman–Crippen MR) is 67.2 cm³/mol. The minimum absolute atomic E-state index is 0.579. The molecule has 1 N–H and O–H groups in total. The summed E-state index contributed by atoms with van der Waals surface area (Å²) in [6, 6.07) is 1.84. The first kappa shape index (κ1) is 13.3. The molecular weight excluding hydrogens is 272 g/mol. The van der Waals surface area contributed by atoms with Gasteiger partial charge >= 0.3 is 0 Å². The molecule has 0 spiro atoms. The van der Waals surface area contributed by atoms with Gasteiger partial charge in [0.05, 0.1) is 19.8 Å². The van der Waals surface area contributed by atoms with Crippen LogP contribution in [0.25, 0.3) is 0 Å². The van der Waals surface area contributed by atoms with Crippen molar-refractivity contribution < 1.29 is 14.6 Å². The van der Waals surface area contributed by atoms with E-state index in [-0.39, 0.29) is 0 Å². The van der Waals surface area contributed by atoms with Gasteiger partial charge in [-0.25, -0.2) is 0 Å². The average Bonchev–Trinajstić information content (AvgIpc) is 2.19. The summed E-state index contributed by atoms with van der Waals surface area (Å²) in [5.41, 5.74) is 0.707. The summed E-state index contributed by atoms with van der Waals surface area (Å²) in [7, 11) is 3.15. The van der Waals surface area contributed by atoms with Gasteiger partial charge in [0.2, 0.25) is 0 Å². The van der Waals surface area contributed by atoms with Crippen LogP contribution in [-0.2, 0) is 5.60 Å². The lowest BCUT2D eigenvalue weighted by Gasteiger charge is -2.25. The number of aliphatic hydroxyl groups is 1. The highest BCUT2D eigenvalue weighted by molar-refractivity contribution is 9.10. The lowest BCUT2D eigenvalue weighted by atomic mass is 9.92.